The van der Waals surface area contributed by atoms with E-state index in [9.17, 15) is 9.59 Å². The second-order valence-corrected chi connectivity index (χ2v) is 5.52. The highest BCUT2D eigenvalue weighted by Gasteiger charge is 2.08. The Labute approximate surface area is 136 Å². The van der Waals surface area contributed by atoms with Crippen LogP contribution in [0.15, 0.2) is 48.5 Å². The molecule has 0 fully saturated rings. The molecule has 0 saturated heterocycles. The van der Waals surface area contributed by atoms with Gasteiger partial charge >= 0.3 is 11.9 Å². The zero-order valence-corrected chi connectivity index (χ0v) is 13.5. The van der Waals surface area contributed by atoms with Crippen molar-refractivity contribution in [1.82, 2.24) is 0 Å². The minimum atomic E-state index is -0.391. The molecule has 2 aromatic rings. The molecule has 0 unspecified atom stereocenters. The number of halogens is 1. The van der Waals surface area contributed by atoms with Gasteiger partial charge in [0.2, 0.25) is 0 Å². The highest BCUT2D eigenvalue weighted by Crippen LogP contribution is 2.11. The summed E-state index contributed by atoms with van der Waals surface area (Å²) in [5.74, 6) is -0.761. The van der Waals surface area contributed by atoms with Gasteiger partial charge in [-0.05, 0) is 58.5 Å². The number of esters is 2. The van der Waals surface area contributed by atoms with Gasteiger partial charge in [0.1, 0.15) is 6.61 Å². The van der Waals surface area contributed by atoms with Crippen LogP contribution in [0, 0.1) is 3.57 Å². The highest BCUT2D eigenvalue weighted by atomic mass is 127. The maximum absolute atomic E-state index is 11.9. The molecule has 0 saturated carbocycles. The Morgan fingerprint density at radius 2 is 1.71 bits per heavy atom. The van der Waals surface area contributed by atoms with Gasteiger partial charge in [0.15, 0.2) is 0 Å². The standard InChI is InChI=1S/C16H13IO4/c1-20-15(18)12-7-5-11(6-8-12)10-21-16(19)13-3-2-4-14(17)9-13/h2-9H,10H2,1H3. The van der Waals surface area contributed by atoms with Gasteiger partial charge in [-0.25, -0.2) is 9.59 Å². The van der Waals surface area contributed by atoms with Gasteiger partial charge in [0.05, 0.1) is 18.2 Å². The lowest BCUT2D eigenvalue weighted by atomic mass is 10.1. The number of benzene rings is 2. The van der Waals surface area contributed by atoms with Crippen LogP contribution >= 0.6 is 22.6 Å². The number of rotatable bonds is 4. The summed E-state index contributed by atoms with van der Waals surface area (Å²) in [7, 11) is 1.33. The second-order valence-electron chi connectivity index (χ2n) is 4.27. The van der Waals surface area contributed by atoms with E-state index in [0.29, 0.717) is 11.1 Å². The lowest BCUT2D eigenvalue weighted by Gasteiger charge is -2.06. The summed E-state index contributed by atoms with van der Waals surface area (Å²) in [6, 6.07) is 13.9. The summed E-state index contributed by atoms with van der Waals surface area (Å²) in [4.78, 5) is 23.2. The average Bonchev–Trinajstić information content (AvgIpc) is 2.52. The third kappa shape index (κ3) is 4.29. The first-order valence-corrected chi connectivity index (χ1v) is 7.28. The van der Waals surface area contributed by atoms with Crippen LogP contribution in [0.2, 0.25) is 0 Å². The minimum Gasteiger partial charge on any atom is -0.465 e. The Balaban J connectivity index is 1.97. The van der Waals surface area contributed by atoms with Gasteiger partial charge in [-0.1, -0.05) is 18.2 Å². The third-order valence-corrected chi connectivity index (χ3v) is 3.48. The molecule has 0 atom stereocenters. The molecule has 2 rings (SSSR count). The number of carbonyl (C=O) groups excluding carboxylic acids is 2. The second kappa shape index (κ2) is 7.21. The fourth-order valence-corrected chi connectivity index (χ4v) is 2.25. The molecular formula is C16H13IO4. The number of methoxy groups -OCH3 is 1. The molecular weight excluding hydrogens is 383 g/mol. The summed E-state index contributed by atoms with van der Waals surface area (Å²) < 4.78 is 10.8. The molecule has 0 spiro atoms. The predicted molar refractivity (Wildman–Crippen MR) is 86.1 cm³/mol. The van der Waals surface area contributed by atoms with Crippen molar-refractivity contribution in [3.05, 3.63) is 68.8 Å². The molecule has 0 aromatic heterocycles. The van der Waals surface area contributed by atoms with Gasteiger partial charge in [-0.15, -0.1) is 0 Å². The summed E-state index contributed by atoms with van der Waals surface area (Å²) >= 11 is 2.14. The van der Waals surface area contributed by atoms with E-state index in [4.69, 9.17) is 4.74 Å². The first-order chi connectivity index (χ1) is 10.1. The van der Waals surface area contributed by atoms with Crippen molar-refractivity contribution < 1.29 is 19.1 Å². The molecule has 0 radical (unpaired) electrons. The summed E-state index contributed by atoms with van der Waals surface area (Å²) in [5, 5.41) is 0. The van der Waals surface area contributed by atoms with Crippen LogP contribution in [-0.2, 0) is 16.1 Å². The van der Waals surface area contributed by atoms with E-state index in [1.54, 1.807) is 36.4 Å². The van der Waals surface area contributed by atoms with E-state index in [0.717, 1.165) is 9.13 Å². The monoisotopic (exact) mass is 396 g/mol. The average molecular weight is 396 g/mol. The topological polar surface area (TPSA) is 52.6 Å². The Kier molecular flexibility index (Phi) is 5.32. The molecule has 0 heterocycles. The van der Waals surface area contributed by atoms with Gasteiger partial charge in [-0.2, -0.15) is 0 Å². The molecule has 0 aliphatic rings. The molecule has 108 valence electrons. The lowest BCUT2D eigenvalue weighted by molar-refractivity contribution is 0.0471. The van der Waals surface area contributed by atoms with E-state index < -0.39 is 5.97 Å². The fraction of sp³-hybridized carbons (Fsp3) is 0.125. The van der Waals surface area contributed by atoms with Gasteiger partial charge in [-0.3, -0.25) is 0 Å². The molecule has 0 bridgehead atoms. The SMILES string of the molecule is COC(=O)c1ccc(COC(=O)c2cccc(I)c2)cc1. The molecule has 0 aliphatic carbocycles. The molecule has 0 aliphatic heterocycles. The van der Waals surface area contributed by atoms with Crippen molar-refractivity contribution in [2.75, 3.05) is 7.11 Å². The van der Waals surface area contributed by atoms with E-state index in [1.807, 2.05) is 12.1 Å². The van der Waals surface area contributed by atoms with E-state index in [-0.39, 0.29) is 12.6 Å². The Bertz CT molecular complexity index is 650. The Hall–Kier alpha value is -1.89. The van der Waals surface area contributed by atoms with Gasteiger partial charge in [0, 0.05) is 3.57 Å². The number of hydrogen-bond donors (Lipinski definition) is 0. The smallest absolute Gasteiger partial charge is 0.338 e. The summed E-state index contributed by atoms with van der Waals surface area (Å²) in [5.41, 5.74) is 1.79. The van der Waals surface area contributed by atoms with Gasteiger partial charge < -0.3 is 9.47 Å². The van der Waals surface area contributed by atoms with Crippen LogP contribution in [0.25, 0.3) is 0 Å². The Morgan fingerprint density at radius 3 is 2.33 bits per heavy atom. The third-order valence-electron chi connectivity index (χ3n) is 2.81. The lowest BCUT2D eigenvalue weighted by Crippen LogP contribution is -2.06. The first kappa shape index (κ1) is 15.5. The fourth-order valence-electron chi connectivity index (χ4n) is 1.70. The quantitative estimate of drug-likeness (QED) is 0.587. The van der Waals surface area contributed by atoms with E-state index in [1.165, 1.54) is 7.11 Å². The molecule has 4 nitrogen and oxygen atoms in total. The van der Waals surface area contributed by atoms with Crippen molar-refractivity contribution in [2.45, 2.75) is 6.61 Å². The van der Waals surface area contributed by atoms with Crippen LogP contribution in [0.3, 0.4) is 0 Å². The molecule has 2 aromatic carbocycles. The zero-order valence-electron chi connectivity index (χ0n) is 11.3. The number of hydrogen-bond acceptors (Lipinski definition) is 4. The largest absolute Gasteiger partial charge is 0.465 e. The molecule has 0 amide bonds. The molecule has 0 N–H and O–H groups in total. The van der Waals surface area contributed by atoms with Crippen molar-refractivity contribution in [3.63, 3.8) is 0 Å². The van der Waals surface area contributed by atoms with Crippen LogP contribution in [0.4, 0.5) is 0 Å². The predicted octanol–water partition coefficient (Wildman–Crippen LogP) is 3.43. The van der Waals surface area contributed by atoms with Gasteiger partial charge in [0.25, 0.3) is 0 Å². The molecule has 21 heavy (non-hydrogen) atoms. The number of ether oxygens (including phenoxy) is 2. The van der Waals surface area contributed by atoms with Crippen LogP contribution in [0.1, 0.15) is 26.3 Å². The van der Waals surface area contributed by atoms with Crippen LogP contribution in [0.5, 0.6) is 0 Å². The summed E-state index contributed by atoms with van der Waals surface area (Å²) in [6.07, 6.45) is 0. The van der Waals surface area contributed by atoms with Crippen molar-refractivity contribution >= 4 is 34.5 Å². The van der Waals surface area contributed by atoms with Crippen molar-refractivity contribution in [2.24, 2.45) is 0 Å². The van der Waals surface area contributed by atoms with Crippen molar-refractivity contribution in [3.8, 4) is 0 Å². The normalized spacial score (nSPS) is 10.0. The van der Waals surface area contributed by atoms with Crippen LogP contribution in [-0.4, -0.2) is 19.0 Å². The zero-order chi connectivity index (χ0) is 15.2. The number of carbonyl (C=O) groups is 2. The minimum absolute atomic E-state index is 0.158. The summed E-state index contributed by atoms with van der Waals surface area (Å²) in [6.45, 7) is 0.158. The maximum Gasteiger partial charge on any atom is 0.338 e. The maximum atomic E-state index is 11.9. The van der Waals surface area contributed by atoms with Crippen LogP contribution < -0.4 is 0 Å². The van der Waals surface area contributed by atoms with E-state index in [2.05, 4.69) is 27.3 Å². The Morgan fingerprint density at radius 1 is 1.00 bits per heavy atom. The van der Waals surface area contributed by atoms with Crippen molar-refractivity contribution in [1.29, 1.82) is 0 Å². The highest BCUT2D eigenvalue weighted by molar-refractivity contribution is 14.1. The molecule has 5 heteroatoms. The first-order valence-electron chi connectivity index (χ1n) is 6.20. The van der Waals surface area contributed by atoms with E-state index >= 15 is 0 Å².